The van der Waals surface area contributed by atoms with Gasteiger partial charge in [0.15, 0.2) is 0 Å². The van der Waals surface area contributed by atoms with Crippen molar-refractivity contribution in [3.8, 4) is 0 Å². The second-order valence-corrected chi connectivity index (χ2v) is 6.57. The van der Waals surface area contributed by atoms with E-state index in [1.807, 2.05) is 0 Å². The highest BCUT2D eigenvalue weighted by atomic mass is 16.4. The fourth-order valence-corrected chi connectivity index (χ4v) is 2.41. The molecule has 0 aromatic heterocycles. The predicted molar refractivity (Wildman–Crippen MR) is 70.1 cm³/mol. The lowest BCUT2D eigenvalue weighted by molar-refractivity contribution is -0.146. The van der Waals surface area contributed by atoms with Gasteiger partial charge >= 0.3 is 5.97 Å². The highest BCUT2D eigenvalue weighted by Crippen LogP contribution is 2.27. The van der Waals surface area contributed by atoms with Gasteiger partial charge in [-0.05, 0) is 18.3 Å². The van der Waals surface area contributed by atoms with Crippen LogP contribution in [0.2, 0.25) is 0 Å². The summed E-state index contributed by atoms with van der Waals surface area (Å²) >= 11 is 0. The number of hydrogen-bond donors (Lipinski definition) is 2. The van der Waals surface area contributed by atoms with Gasteiger partial charge in [0.05, 0.1) is 0 Å². The molecule has 0 aromatic rings. The molecule has 0 radical (unpaired) electrons. The summed E-state index contributed by atoms with van der Waals surface area (Å²) in [4.78, 5) is 11.6. The van der Waals surface area contributed by atoms with Gasteiger partial charge in [0, 0.05) is 6.54 Å². The van der Waals surface area contributed by atoms with E-state index in [9.17, 15) is 9.90 Å². The molecule has 1 aliphatic carbocycles. The van der Waals surface area contributed by atoms with Gasteiger partial charge in [0.25, 0.3) is 0 Å². The summed E-state index contributed by atoms with van der Waals surface area (Å²) < 4.78 is 0. The maximum atomic E-state index is 11.6. The SMILES string of the molecule is CC(C)(C)CNC1(C(=O)O)CCCCCCC1. The number of hydrogen-bond acceptors (Lipinski definition) is 2. The van der Waals surface area contributed by atoms with Crippen LogP contribution in [0.25, 0.3) is 0 Å². The molecule has 0 aromatic carbocycles. The van der Waals surface area contributed by atoms with Crippen molar-refractivity contribution in [1.29, 1.82) is 0 Å². The first-order valence-electron chi connectivity index (χ1n) is 6.84. The summed E-state index contributed by atoms with van der Waals surface area (Å²) in [6.07, 6.45) is 7.22. The van der Waals surface area contributed by atoms with Crippen molar-refractivity contribution in [2.45, 2.75) is 71.3 Å². The van der Waals surface area contributed by atoms with Gasteiger partial charge in [0.2, 0.25) is 0 Å². The molecule has 17 heavy (non-hydrogen) atoms. The summed E-state index contributed by atoms with van der Waals surface area (Å²) in [6.45, 7) is 7.18. The van der Waals surface area contributed by atoms with Crippen LogP contribution in [-0.4, -0.2) is 23.2 Å². The molecule has 3 nitrogen and oxygen atoms in total. The first-order chi connectivity index (χ1) is 7.86. The highest BCUT2D eigenvalue weighted by molar-refractivity contribution is 5.78. The summed E-state index contributed by atoms with van der Waals surface area (Å²) in [5.41, 5.74) is -0.543. The molecule has 3 heteroatoms. The number of rotatable bonds is 3. The minimum Gasteiger partial charge on any atom is -0.480 e. The molecule has 0 spiro atoms. The summed E-state index contributed by atoms with van der Waals surface area (Å²) in [6, 6.07) is 0. The molecule has 0 atom stereocenters. The zero-order chi connectivity index (χ0) is 12.9. The Morgan fingerprint density at radius 2 is 1.59 bits per heavy atom. The number of aliphatic carboxylic acids is 1. The standard InChI is InChI=1S/C14H27NO2/c1-13(2,3)11-15-14(12(16)17)9-7-5-4-6-8-10-14/h15H,4-11H2,1-3H3,(H,16,17). The molecule has 2 N–H and O–H groups in total. The minimum atomic E-state index is -0.673. The molecule has 0 saturated heterocycles. The molecular weight excluding hydrogens is 214 g/mol. The molecule has 0 amide bonds. The van der Waals surface area contributed by atoms with Gasteiger partial charge < -0.3 is 10.4 Å². The van der Waals surface area contributed by atoms with Crippen LogP contribution in [0.15, 0.2) is 0 Å². The van der Waals surface area contributed by atoms with Crippen LogP contribution in [0.3, 0.4) is 0 Å². The molecule has 1 saturated carbocycles. The summed E-state index contributed by atoms with van der Waals surface area (Å²) in [5, 5.41) is 12.9. The zero-order valence-corrected chi connectivity index (χ0v) is 11.5. The Balaban J connectivity index is 2.68. The molecule has 0 aliphatic heterocycles. The van der Waals surface area contributed by atoms with Crippen LogP contribution in [0.5, 0.6) is 0 Å². The lowest BCUT2D eigenvalue weighted by atomic mass is 9.82. The van der Waals surface area contributed by atoms with Crippen LogP contribution in [0, 0.1) is 5.41 Å². The van der Waals surface area contributed by atoms with E-state index in [4.69, 9.17) is 0 Å². The summed E-state index contributed by atoms with van der Waals surface area (Å²) in [5.74, 6) is -0.663. The Morgan fingerprint density at radius 3 is 2.00 bits per heavy atom. The van der Waals surface area contributed by atoms with E-state index in [-0.39, 0.29) is 5.41 Å². The third-order valence-electron chi connectivity index (χ3n) is 3.57. The van der Waals surface area contributed by atoms with E-state index < -0.39 is 11.5 Å². The average Bonchev–Trinajstić information content (AvgIpc) is 2.14. The molecule has 1 rings (SSSR count). The number of carboxylic acids is 1. The van der Waals surface area contributed by atoms with Crippen molar-refractivity contribution >= 4 is 5.97 Å². The van der Waals surface area contributed by atoms with Gasteiger partial charge in [0.1, 0.15) is 5.54 Å². The van der Waals surface area contributed by atoms with E-state index in [1.54, 1.807) is 0 Å². The van der Waals surface area contributed by atoms with Crippen LogP contribution in [0.1, 0.15) is 65.7 Å². The Hall–Kier alpha value is -0.570. The molecule has 100 valence electrons. The van der Waals surface area contributed by atoms with E-state index in [1.165, 1.54) is 19.3 Å². The Kier molecular flexibility index (Phi) is 4.99. The molecular formula is C14H27NO2. The van der Waals surface area contributed by atoms with Gasteiger partial charge in [-0.2, -0.15) is 0 Å². The van der Waals surface area contributed by atoms with E-state index in [0.717, 1.165) is 32.2 Å². The fraction of sp³-hybridized carbons (Fsp3) is 0.929. The largest absolute Gasteiger partial charge is 0.480 e. The minimum absolute atomic E-state index is 0.130. The molecule has 0 bridgehead atoms. The number of nitrogens with one attached hydrogen (secondary N) is 1. The van der Waals surface area contributed by atoms with Gasteiger partial charge in [-0.3, -0.25) is 4.79 Å². The zero-order valence-electron chi connectivity index (χ0n) is 11.5. The van der Waals surface area contributed by atoms with Crippen molar-refractivity contribution < 1.29 is 9.90 Å². The second-order valence-electron chi connectivity index (χ2n) is 6.57. The van der Waals surface area contributed by atoms with Gasteiger partial charge in [-0.15, -0.1) is 0 Å². The lowest BCUT2D eigenvalue weighted by Crippen LogP contribution is -2.54. The Bertz CT molecular complexity index is 247. The Labute approximate surface area is 105 Å². The molecule has 1 aliphatic rings. The number of carbonyl (C=O) groups is 1. The number of carboxylic acid groups (broad SMARTS) is 1. The van der Waals surface area contributed by atoms with Crippen molar-refractivity contribution in [2.24, 2.45) is 5.41 Å². The van der Waals surface area contributed by atoms with Gasteiger partial charge in [-0.25, -0.2) is 0 Å². The van der Waals surface area contributed by atoms with E-state index in [2.05, 4.69) is 26.1 Å². The quantitative estimate of drug-likeness (QED) is 0.797. The van der Waals surface area contributed by atoms with Crippen molar-refractivity contribution in [2.75, 3.05) is 6.54 Å². The summed E-state index contributed by atoms with van der Waals surface area (Å²) in [7, 11) is 0. The first kappa shape index (κ1) is 14.5. The molecule has 0 unspecified atom stereocenters. The average molecular weight is 241 g/mol. The van der Waals surface area contributed by atoms with Crippen LogP contribution < -0.4 is 5.32 Å². The first-order valence-corrected chi connectivity index (χ1v) is 6.84. The Morgan fingerprint density at radius 1 is 1.12 bits per heavy atom. The van der Waals surface area contributed by atoms with Crippen LogP contribution in [0.4, 0.5) is 0 Å². The lowest BCUT2D eigenvalue weighted by Gasteiger charge is -2.35. The van der Waals surface area contributed by atoms with Crippen LogP contribution in [-0.2, 0) is 4.79 Å². The van der Waals surface area contributed by atoms with E-state index >= 15 is 0 Å². The third kappa shape index (κ3) is 4.66. The van der Waals surface area contributed by atoms with Gasteiger partial charge in [-0.1, -0.05) is 52.9 Å². The second kappa shape index (κ2) is 5.85. The molecule has 0 heterocycles. The normalized spacial score (nSPS) is 21.6. The maximum absolute atomic E-state index is 11.6. The van der Waals surface area contributed by atoms with Crippen molar-refractivity contribution in [1.82, 2.24) is 5.32 Å². The maximum Gasteiger partial charge on any atom is 0.323 e. The fourth-order valence-electron chi connectivity index (χ4n) is 2.41. The van der Waals surface area contributed by atoms with Crippen LogP contribution >= 0.6 is 0 Å². The topological polar surface area (TPSA) is 49.3 Å². The monoisotopic (exact) mass is 241 g/mol. The smallest absolute Gasteiger partial charge is 0.323 e. The predicted octanol–water partition coefficient (Wildman–Crippen LogP) is 3.19. The highest BCUT2D eigenvalue weighted by Gasteiger charge is 2.38. The molecule has 1 fully saturated rings. The van der Waals surface area contributed by atoms with Crippen molar-refractivity contribution in [3.05, 3.63) is 0 Å². The van der Waals surface area contributed by atoms with E-state index in [0.29, 0.717) is 0 Å². The third-order valence-corrected chi connectivity index (χ3v) is 3.57. The van der Waals surface area contributed by atoms with Crippen molar-refractivity contribution in [3.63, 3.8) is 0 Å².